The largest absolute Gasteiger partial charge is 0.316 e. The van der Waals surface area contributed by atoms with Crippen molar-refractivity contribution in [2.24, 2.45) is 0 Å². The minimum Gasteiger partial charge on any atom is -0.316 e. The molecule has 0 bridgehead atoms. The molecule has 4 nitrogen and oxygen atoms in total. The van der Waals surface area contributed by atoms with E-state index in [9.17, 15) is 8.42 Å². The van der Waals surface area contributed by atoms with Crippen LogP contribution >= 0.6 is 23.1 Å². The Hall–Kier alpha value is -0.0800. The van der Waals surface area contributed by atoms with Gasteiger partial charge in [0.05, 0.1) is 0 Å². The molecule has 0 saturated carbocycles. The third-order valence-electron chi connectivity index (χ3n) is 3.06. The molecule has 1 saturated heterocycles. The monoisotopic (exact) mass is 306 g/mol. The standard InChI is InChI=1S/C11H18N2O2S3/c1-12-6-9-5-11(17-7-9)18(14,15)13(2)10-3-4-16-8-10/h5,7,10,12H,3-4,6,8H2,1-2H3. The van der Waals surface area contributed by atoms with Crippen LogP contribution in [-0.2, 0) is 16.6 Å². The van der Waals surface area contributed by atoms with Gasteiger partial charge in [-0.1, -0.05) is 0 Å². The van der Waals surface area contributed by atoms with E-state index in [2.05, 4.69) is 5.32 Å². The van der Waals surface area contributed by atoms with Gasteiger partial charge in [-0.15, -0.1) is 11.3 Å². The topological polar surface area (TPSA) is 49.4 Å². The molecule has 0 aliphatic carbocycles. The molecular weight excluding hydrogens is 288 g/mol. The number of sulfonamides is 1. The van der Waals surface area contributed by atoms with Crippen molar-refractivity contribution in [2.45, 2.75) is 23.2 Å². The Labute approximate surface area is 117 Å². The van der Waals surface area contributed by atoms with Gasteiger partial charge < -0.3 is 5.32 Å². The van der Waals surface area contributed by atoms with Crippen molar-refractivity contribution in [3.05, 3.63) is 17.0 Å². The predicted octanol–water partition coefficient (Wildman–Crippen LogP) is 1.59. The maximum Gasteiger partial charge on any atom is 0.252 e. The second-order valence-electron chi connectivity index (χ2n) is 4.34. The van der Waals surface area contributed by atoms with Gasteiger partial charge in [-0.05, 0) is 36.2 Å². The minimum absolute atomic E-state index is 0.148. The van der Waals surface area contributed by atoms with Crippen molar-refractivity contribution in [3.63, 3.8) is 0 Å². The van der Waals surface area contributed by atoms with E-state index in [-0.39, 0.29) is 6.04 Å². The molecule has 18 heavy (non-hydrogen) atoms. The van der Waals surface area contributed by atoms with Gasteiger partial charge >= 0.3 is 0 Å². The number of rotatable bonds is 5. The fourth-order valence-electron chi connectivity index (χ4n) is 1.93. The van der Waals surface area contributed by atoms with Gasteiger partial charge in [-0.25, -0.2) is 8.42 Å². The number of thiophene rings is 1. The van der Waals surface area contributed by atoms with Crippen LogP contribution in [0.25, 0.3) is 0 Å². The average Bonchev–Trinajstić information content (AvgIpc) is 2.99. The van der Waals surface area contributed by atoms with Crippen LogP contribution in [0.4, 0.5) is 0 Å². The molecule has 0 radical (unpaired) electrons. The highest BCUT2D eigenvalue weighted by Gasteiger charge is 2.31. The Balaban J connectivity index is 2.18. The zero-order valence-electron chi connectivity index (χ0n) is 10.5. The number of thioether (sulfide) groups is 1. The van der Waals surface area contributed by atoms with Crippen LogP contribution in [0.15, 0.2) is 15.7 Å². The second-order valence-corrected chi connectivity index (χ2v) is 8.63. The average molecular weight is 306 g/mol. The maximum atomic E-state index is 12.4. The van der Waals surface area contributed by atoms with E-state index in [1.165, 1.54) is 11.3 Å². The highest BCUT2D eigenvalue weighted by atomic mass is 32.2. The zero-order valence-corrected chi connectivity index (χ0v) is 13.0. The normalized spacial score (nSPS) is 20.7. The van der Waals surface area contributed by atoms with E-state index in [4.69, 9.17) is 0 Å². The number of nitrogens with one attached hydrogen (secondary N) is 1. The van der Waals surface area contributed by atoms with E-state index < -0.39 is 10.0 Å². The summed E-state index contributed by atoms with van der Waals surface area (Å²) in [7, 11) is 0.243. The lowest BCUT2D eigenvalue weighted by Crippen LogP contribution is -2.36. The lowest BCUT2D eigenvalue weighted by molar-refractivity contribution is 0.395. The summed E-state index contributed by atoms with van der Waals surface area (Å²) < 4.78 is 26.9. The van der Waals surface area contributed by atoms with Gasteiger partial charge in [0.15, 0.2) is 0 Å². The minimum atomic E-state index is -3.31. The Morgan fingerprint density at radius 1 is 1.56 bits per heavy atom. The zero-order chi connectivity index (χ0) is 13.2. The summed E-state index contributed by atoms with van der Waals surface area (Å²) in [5, 5.41) is 4.93. The first kappa shape index (κ1) is 14.3. The van der Waals surface area contributed by atoms with E-state index >= 15 is 0 Å². The van der Waals surface area contributed by atoms with Crippen molar-refractivity contribution < 1.29 is 8.42 Å². The maximum absolute atomic E-state index is 12.4. The van der Waals surface area contributed by atoms with Gasteiger partial charge in [-0.3, -0.25) is 0 Å². The van der Waals surface area contributed by atoms with Crippen LogP contribution in [-0.4, -0.2) is 44.4 Å². The van der Waals surface area contributed by atoms with E-state index in [1.807, 2.05) is 24.2 Å². The first-order chi connectivity index (χ1) is 8.55. The quantitative estimate of drug-likeness (QED) is 0.897. The predicted molar refractivity (Wildman–Crippen MR) is 77.8 cm³/mol. The van der Waals surface area contributed by atoms with Crippen LogP contribution in [0.5, 0.6) is 0 Å². The summed E-state index contributed by atoms with van der Waals surface area (Å²) in [5.74, 6) is 1.96. The summed E-state index contributed by atoms with van der Waals surface area (Å²) >= 11 is 3.13. The Morgan fingerprint density at radius 2 is 2.33 bits per heavy atom. The third-order valence-corrected chi connectivity index (χ3v) is 7.58. The van der Waals surface area contributed by atoms with Gasteiger partial charge in [0.1, 0.15) is 4.21 Å². The Kier molecular flexibility index (Phi) is 4.71. The molecule has 0 spiro atoms. The molecule has 1 aromatic rings. The first-order valence-corrected chi connectivity index (χ1v) is 9.31. The lowest BCUT2D eigenvalue weighted by Gasteiger charge is -2.22. The number of hydrogen-bond acceptors (Lipinski definition) is 5. The van der Waals surface area contributed by atoms with Gasteiger partial charge in [0.2, 0.25) is 0 Å². The summed E-state index contributed by atoms with van der Waals surface area (Å²) in [6, 6.07) is 1.92. The fraction of sp³-hybridized carbons (Fsp3) is 0.636. The molecular formula is C11H18N2O2S3. The van der Waals surface area contributed by atoms with Crippen LogP contribution in [0.1, 0.15) is 12.0 Å². The fourth-order valence-corrected chi connectivity index (χ4v) is 6.07. The Bertz CT molecular complexity index is 492. The number of nitrogens with zero attached hydrogens (tertiary/aromatic N) is 1. The van der Waals surface area contributed by atoms with Crippen molar-refractivity contribution in [2.75, 3.05) is 25.6 Å². The lowest BCUT2D eigenvalue weighted by atomic mass is 10.3. The van der Waals surface area contributed by atoms with Crippen LogP contribution in [0.3, 0.4) is 0 Å². The van der Waals surface area contributed by atoms with Gasteiger partial charge in [-0.2, -0.15) is 16.1 Å². The summed E-state index contributed by atoms with van der Waals surface area (Å²) in [6.45, 7) is 0.703. The summed E-state index contributed by atoms with van der Waals surface area (Å²) in [6.07, 6.45) is 0.954. The Morgan fingerprint density at radius 3 is 2.94 bits per heavy atom. The van der Waals surface area contributed by atoms with Crippen molar-refractivity contribution in [1.29, 1.82) is 0 Å². The molecule has 1 N–H and O–H groups in total. The molecule has 1 atom stereocenters. The summed E-state index contributed by atoms with van der Waals surface area (Å²) in [5.41, 5.74) is 1.02. The SMILES string of the molecule is CNCc1csc(S(=O)(=O)N(C)C2CCSC2)c1. The van der Waals surface area contributed by atoms with Crippen molar-refractivity contribution in [3.8, 4) is 0 Å². The highest BCUT2D eigenvalue weighted by molar-refractivity contribution is 7.99. The van der Waals surface area contributed by atoms with E-state index in [0.29, 0.717) is 10.8 Å². The smallest absolute Gasteiger partial charge is 0.252 e. The molecule has 0 amide bonds. The third kappa shape index (κ3) is 2.91. The summed E-state index contributed by atoms with van der Waals surface area (Å²) in [4.78, 5) is 0. The molecule has 7 heteroatoms. The van der Waals surface area contributed by atoms with Crippen LogP contribution in [0.2, 0.25) is 0 Å². The second kappa shape index (κ2) is 5.92. The van der Waals surface area contributed by atoms with Crippen molar-refractivity contribution >= 4 is 33.1 Å². The first-order valence-electron chi connectivity index (χ1n) is 5.83. The van der Waals surface area contributed by atoms with Crippen LogP contribution < -0.4 is 5.32 Å². The molecule has 2 heterocycles. The molecule has 0 aromatic carbocycles. The molecule has 1 aliphatic heterocycles. The molecule has 1 aliphatic rings. The van der Waals surface area contributed by atoms with E-state index in [1.54, 1.807) is 17.4 Å². The molecule has 102 valence electrons. The molecule has 1 aromatic heterocycles. The van der Waals surface area contributed by atoms with E-state index in [0.717, 1.165) is 23.5 Å². The highest BCUT2D eigenvalue weighted by Crippen LogP contribution is 2.29. The van der Waals surface area contributed by atoms with Crippen LogP contribution in [0, 0.1) is 0 Å². The molecule has 1 fully saturated rings. The number of hydrogen-bond donors (Lipinski definition) is 1. The van der Waals surface area contributed by atoms with Gasteiger partial charge in [0.25, 0.3) is 10.0 Å². The molecule has 1 unspecified atom stereocenters. The van der Waals surface area contributed by atoms with Crippen molar-refractivity contribution in [1.82, 2.24) is 9.62 Å². The van der Waals surface area contributed by atoms with Gasteiger partial charge in [0, 0.05) is 25.4 Å². The molecule has 2 rings (SSSR count).